The smallest absolute Gasteiger partial charge is 0.187 e. The van der Waals surface area contributed by atoms with Crippen LogP contribution in [0.15, 0.2) is 42.5 Å². The Hall–Kier alpha value is -3.26. The van der Waals surface area contributed by atoms with Crippen LogP contribution >= 0.6 is 0 Å². The van der Waals surface area contributed by atoms with Gasteiger partial charge in [-0.05, 0) is 62.2 Å². The first kappa shape index (κ1) is 19.5. The first-order chi connectivity index (χ1) is 13.2. The number of nitrogens with one attached hydrogen (secondary N) is 1. The van der Waals surface area contributed by atoms with Crippen LogP contribution < -0.4 is 15.0 Å². The number of ketones is 1. The molecule has 0 spiro atoms. The Kier molecular flexibility index (Phi) is 5.15. The number of carbonyl (C=O) groups excluding carboxylic acids is 1. The Morgan fingerprint density at radius 3 is 2.50 bits per heavy atom. The zero-order chi connectivity index (χ0) is 20.5. The summed E-state index contributed by atoms with van der Waals surface area (Å²) in [5.41, 5.74) is 4.81. The summed E-state index contributed by atoms with van der Waals surface area (Å²) in [5, 5.41) is 12.4. The highest BCUT2D eigenvalue weighted by Crippen LogP contribution is 2.38. The minimum atomic E-state index is -0.186. The lowest BCUT2D eigenvalue weighted by Gasteiger charge is -2.36. The Morgan fingerprint density at radius 2 is 1.93 bits per heavy atom. The summed E-state index contributed by atoms with van der Waals surface area (Å²) in [7, 11) is 5.61. The third-order valence-corrected chi connectivity index (χ3v) is 4.86. The first-order valence-electron chi connectivity index (χ1n) is 9.17. The van der Waals surface area contributed by atoms with Crippen molar-refractivity contribution in [3.05, 3.63) is 64.7 Å². The van der Waals surface area contributed by atoms with Crippen molar-refractivity contribution in [1.29, 1.82) is 5.26 Å². The fraction of sp³-hybridized carbons (Fsp3) is 0.304. The maximum atomic E-state index is 12.8. The van der Waals surface area contributed by atoms with Crippen LogP contribution in [0, 0.1) is 11.3 Å². The number of carbonyl (C=O) groups is 1. The van der Waals surface area contributed by atoms with Gasteiger partial charge in [0.05, 0.1) is 24.4 Å². The second-order valence-electron chi connectivity index (χ2n) is 7.87. The third-order valence-electron chi connectivity index (χ3n) is 4.86. The number of hydrogen-bond acceptors (Lipinski definition) is 5. The second-order valence-corrected chi connectivity index (χ2v) is 7.87. The molecule has 1 aliphatic heterocycles. The van der Waals surface area contributed by atoms with Crippen LogP contribution in [0.25, 0.3) is 5.70 Å². The highest BCUT2D eigenvalue weighted by atomic mass is 16.5. The van der Waals surface area contributed by atoms with Gasteiger partial charge in [0, 0.05) is 42.5 Å². The van der Waals surface area contributed by atoms with E-state index < -0.39 is 0 Å². The number of fused-ring (bicyclic) bond motifs is 1. The predicted octanol–water partition coefficient (Wildman–Crippen LogP) is 3.78. The standard InChI is InChI=1S/C23H25N3O2/c1-23(2)13-17-10-22(28-5)20(26(3)4)11-18(17)19(25-23)12-21(27)16-8-6-15(14-24)7-9-16/h6-12,25H,13H2,1-5H3/b19-12-. The minimum Gasteiger partial charge on any atom is -0.495 e. The van der Waals surface area contributed by atoms with Gasteiger partial charge in [0.1, 0.15) is 5.75 Å². The molecule has 0 unspecified atom stereocenters. The zero-order valence-corrected chi connectivity index (χ0v) is 17.0. The van der Waals surface area contributed by atoms with E-state index in [2.05, 4.69) is 37.4 Å². The van der Waals surface area contributed by atoms with E-state index in [1.807, 2.05) is 19.0 Å². The van der Waals surface area contributed by atoms with E-state index in [0.29, 0.717) is 11.1 Å². The van der Waals surface area contributed by atoms with Crippen molar-refractivity contribution >= 4 is 17.2 Å². The molecule has 0 saturated heterocycles. The van der Waals surface area contributed by atoms with Crippen molar-refractivity contribution in [2.45, 2.75) is 25.8 Å². The highest BCUT2D eigenvalue weighted by molar-refractivity contribution is 6.08. The fourth-order valence-electron chi connectivity index (χ4n) is 3.51. The van der Waals surface area contributed by atoms with Crippen molar-refractivity contribution in [1.82, 2.24) is 5.32 Å². The van der Waals surface area contributed by atoms with Crippen LogP contribution in [0.2, 0.25) is 0 Å². The molecule has 1 aliphatic rings. The Labute approximate surface area is 166 Å². The molecule has 0 aromatic heterocycles. The molecule has 1 N–H and O–H groups in total. The Balaban J connectivity index is 2.08. The predicted molar refractivity (Wildman–Crippen MR) is 112 cm³/mol. The van der Waals surface area contributed by atoms with Crippen LogP contribution in [0.5, 0.6) is 5.75 Å². The fourth-order valence-corrected chi connectivity index (χ4v) is 3.51. The summed E-state index contributed by atoms with van der Waals surface area (Å²) in [6, 6.07) is 12.9. The van der Waals surface area contributed by atoms with E-state index in [1.54, 1.807) is 37.5 Å². The molecule has 5 nitrogen and oxygen atoms in total. The number of hydrogen-bond donors (Lipinski definition) is 1. The molecule has 0 atom stereocenters. The lowest BCUT2D eigenvalue weighted by molar-refractivity contribution is 0.104. The monoisotopic (exact) mass is 375 g/mol. The number of rotatable bonds is 4. The van der Waals surface area contributed by atoms with Gasteiger partial charge in [-0.3, -0.25) is 4.79 Å². The maximum absolute atomic E-state index is 12.8. The van der Waals surface area contributed by atoms with E-state index in [4.69, 9.17) is 10.00 Å². The number of benzene rings is 2. The summed E-state index contributed by atoms with van der Waals surface area (Å²) in [6.45, 7) is 4.23. The summed E-state index contributed by atoms with van der Waals surface area (Å²) in [5.74, 6) is 0.720. The van der Waals surface area contributed by atoms with Gasteiger partial charge in [-0.15, -0.1) is 0 Å². The molecule has 3 rings (SSSR count). The summed E-state index contributed by atoms with van der Waals surface area (Å²) >= 11 is 0. The molecule has 5 heteroatoms. The van der Waals surface area contributed by atoms with Gasteiger partial charge in [0.25, 0.3) is 0 Å². The molecular weight excluding hydrogens is 350 g/mol. The molecule has 2 aromatic carbocycles. The van der Waals surface area contributed by atoms with Crippen LogP contribution in [0.3, 0.4) is 0 Å². The van der Waals surface area contributed by atoms with Gasteiger partial charge in [-0.2, -0.15) is 5.26 Å². The number of anilines is 1. The average Bonchev–Trinajstić information content (AvgIpc) is 2.66. The second kappa shape index (κ2) is 7.40. The van der Waals surface area contributed by atoms with Crippen molar-refractivity contribution in [2.75, 3.05) is 26.1 Å². The third kappa shape index (κ3) is 3.86. The SMILES string of the molecule is COc1cc2c(cc1N(C)C)/C(=C/C(=O)c1ccc(C#N)cc1)NC(C)(C)C2. The van der Waals surface area contributed by atoms with Gasteiger partial charge in [-0.1, -0.05) is 0 Å². The zero-order valence-electron chi connectivity index (χ0n) is 17.0. The normalized spacial score (nSPS) is 15.9. The first-order valence-corrected chi connectivity index (χ1v) is 9.17. The lowest BCUT2D eigenvalue weighted by Crippen LogP contribution is -2.44. The van der Waals surface area contributed by atoms with Crippen LogP contribution in [-0.2, 0) is 6.42 Å². The molecule has 28 heavy (non-hydrogen) atoms. The Morgan fingerprint density at radius 1 is 1.25 bits per heavy atom. The highest BCUT2D eigenvalue weighted by Gasteiger charge is 2.29. The van der Waals surface area contributed by atoms with Crippen molar-refractivity contribution in [3.63, 3.8) is 0 Å². The van der Waals surface area contributed by atoms with Crippen LogP contribution in [-0.4, -0.2) is 32.5 Å². The number of allylic oxidation sites excluding steroid dienone is 1. The van der Waals surface area contributed by atoms with Crippen LogP contribution in [0.1, 0.15) is 40.9 Å². The summed E-state index contributed by atoms with van der Waals surface area (Å²) in [4.78, 5) is 14.8. The van der Waals surface area contributed by atoms with Gasteiger partial charge < -0.3 is 15.0 Å². The molecule has 144 valence electrons. The van der Waals surface area contributed by atoms with Gasteiger partial charge in [0.2, 0.25) is 0 Å². The van der Waals surface area contributed by atoms with E-state index >= 15 is 0 Å². The van der Waals surface area contributed by atoms with Gasteiger partial charge >= 0.3 is 0 Å². The van der Waals surface area contributed by atoms with E-state index in [0.717, 1.165) is 34.7 Å². The molecule has 0 amide bonds. The number of nitrogens with zero attached hydrogens (tertiary/aromatic N) is 2. The van der Waals surface area contributed by atoms with Crippen molar-refractivity contribution < 1.29 is 9.53 Å². The molecule has 2 aromatic rings. The largest absolute Gasteiger partial charge is 0.495 e. The van der Waals surface area contributed by atoms with E-state index in [1.165, 1.54) is 0 Å². The molecule has 0 saturated carbocycles. The Bertz CT molecular complexity index is 980. The van der Waals surface area contributed by atoms with Crippen molar-refractivity contribution in [3.8, 4) is 11.8 Å². The van der Waals surface area contributed by atoms with Crippen molar-refractivity contribution in [2.24, 2.45) is 0 Å². The lowest BCUT2D eigenvalue weighted by atomic mass is 9.85. The number of nitriles is 1. The molecule has 0 radical (unpaired) electrons. The van der Waals surface area contributed by atoms with E-state index in [9.17, 15) is 4.79 Å². The average molecular weight is 375 g/mol. The summed E-state index contributed by atoms with van der Waals surface area (Å²) < 4.78 is 5.57. The molecule has 0 aliphatic carbocycles. The van der Waals surface area contributed by atoms with E-state index in [-0.39, 0.29) is 11.3 Å². The molecule has 1 heterocycles. The molecule has 0 fully saturated rings. The topological polar surface area (TPSA) is 65.4 Å². The quantitative estimate of drug-likeness (QED) is 0.651. The number of methoxy groups -OCH3 is 1. The number of ether oxygens (including phenoxy) is 1. The van der Waals surface area contributed by atoms with Gasteiger partial charge in [0.15, 0.2) is 5.78 Å². The van der Waals surface area contributed by atoms with Gasteiger partial charge in [-0.25, -0.2) is 0 Å². The minimum absolute atomic E-state index is 0.0992. The van der Waals surface area contributed by atoms with Crippen LogP contribution in [0.4, 0.5) is 5.69 Å². The molecule has 0 bridgehead atoms. The summed E-state index contributed by atoms with van der Waals surface area (Å²) in [6.07, 6.45) is 2.47. The maximum Gasteiger partial charge on any atom is 0.187 e. The molecular formula is C23H25N3O2.